The Labute approximate surface area is 129 Å². The van der Waals surface area contributed by atoms with Gasteiger partial charge >= 0.3 is 11.8 Å². The maximum atomic E-state index is 11.9. The first-order chi connectivity index (χ1) is 10.5. The van der Waals surface area contributed by atoms with Crippen LogP contribution in [0, 0.1) is 6.92 Å². The number of aryl methyl sites for hydroxylation is 1. The third-order valence-corrected chi connectivity index (χ3v) is 3.10. The van der Waals surface area contributed by atoms with Gasteiger partial charge in [0.2, 0.25) is 0 Å². The molecule has 5 heteroatoms. The molecular weight excluding hydrogens is 278 g/mol. The van der Waals surface area contributed by atoms with Gasteiger partial charge in [-0.2, -0.15) is 0 Å². The van der Waals surface area contributed by atoms with Crippen molar-refractivity contribution in [3.05, 3.63) is 54.1 Å². The lowest BCUT2D eigenvalue weighted by atomic mass is 10.2. The first-order valence-electron chi connectivity index (χ1n) is 6.92. The van der Waals surface area contributed by atoms with E-state index in [9.17, 15) is 9.59 Å². The Morgan fingerprint density at radius 1 is 0.864 bits per heavy atom. The first-order valence-corrected chi connectivity index (χ1v) is 6.92. The minimum Gasteiger partial charge on any atom is -0.378 e. The van der Waals surface area contributed by atoms with Crippen LogP contribution in [-0.4, -0.2) is 25.9 Å². The molecule has 0 aliphatic rings. The van der Waals surface area contributed by atoms with Gasteiger partial charge < -0.3 is 15.5 Å². The van der Waals surface area contributed by atoms with E-state index >= 15 is 0 Å². The van der Waals surface area contributed by atoms with Crippen molar-refractivity contribution in [2.75, 3.05) is 29.6 Å². The minimum atomic E-state index is -0.697. The van der Waals surface area contributed by atoms with Crippen LogP contribution in [0.25, 0.3) is 0 Å². The normalized spacial score (nSPS) is 9.95. The summed E-state index contributed by atoms with van der Waals surface area (Å²) in [6.07, 6.45) is 0. The molecule has 0 fully saturated rings. The molecule has 0 heterocycles. The standard InChI is InChI=1S/C17H19N3O2/c1-12-6-4-7-13(10-12)18-16(21)17(22)19-14-8-5-9-15(11-14)20(2)3/h4-11H,1-3H3,(H,18,21)(H,19,22). The maximum Gasteiger partial charge on any atom is 0.314 e. The second-order valence-electron chi connectivity index (χ2n) is 5.22. The molecule has 5 nitrogen and oxygen atoms in total. The van der Waals surface area contributed by atoms with Gasteiger partial charge in [-0.1, -0.05) is 18.2 Å². The third kappa shape index (κ3) is 4.09. The second kappa shape index (κ2) is 6.76. The molecule has 0 spiro atoms. The van der Waals surface area contributed by atoms with E-state index in [0.717, 1.165) is 11.3 Å². The van der Waals surface area contributed by atoms with E-state index in [1.807, 2.05) is 50.2 Å². The topological polar surface area (TPSA) is 61.4 Å². The Bertz CT molecular complexity index is 696. The Kier molecular flexibility index (Phi) is 4.78. The minimum absolute atomic E-state index is 0.579. The van der Waals surface area contributed by atoms with Gasteiger partial charge in [-0.15, -0.1) is 0 Å². The van der Waals surface area contributed by atoms with Crippen LogP contribution in [-0.2, 0) is 9.59 Å². The number of rotatable bonds is 3. The summed E-state index contributed by atoms with van der Waals surface area (Å²) in [5.41, 5.74) is 3.13. The number of carbonyl (C=O) groups is 2. The highest BCUT2D eigenvalue weighted by molar-refractivity contribution is 6.43. The number of benzene rings is 2. The molecule has 2 N–H and O–H groups in total. The number of hydrogen-bond donors (Lipinski definition) is 2. The molecule has 0 unspecified atom stereocenters. The van der Waals surface area contributed by atoms with Gasteiger partial charge in [-0.3, -0.25) is 9.59 Å². The largest absolute Gasteiger partial charge is 0.378 e. The third-order valence-electron chi connectivity index (χ3n) is 3.10. The number of nitrogens with one attached hydrogen (secondary N) is 2. The van der Waals surface area contributed by atoms with Crippen LogP contribution in [0.3, 0.4) is 0 Å². The summed E-state index contributed by atoms with van der Waals surface area (Å²) in [7, 11) is 3.82. The van der Waals surface area contributed by atoms with E-state index in [2.05, 4.69) is 10.6 Å². The predicted octanol–water partition coefficient (Wildman–Crippen LogP) is 2.64. The van der Waals surface area contributed by atoms with Gasteiger partial charge in [0.05, 0.1) is 0 Å². The highest BCUT2D eigenvalue weighted by Crippen LogP contribution is 2.17. The summed E-state index contributed by atoms with van der Waals surface area (Å²) >= 11 is 0. The predicted molar refractivity (Wildman–Crippen MR) is 89.2 cm³/mol. The Morgan fingerprint density at radius 3 is 1.95 bits per heavy atom. The van der Waals surface area contributed by atoms with Crippen LogP contribution in [0.4, 0.5) is 17.1 Å². The van der Waals surface area contributed by atoms with E-state index < -0.39 is 11.8 Å². The Morgan fingerprint density at radius 2 is 1.41 bits per heavy atom. The summed E-state index contributed by atoms with van der Waals surface area (Å²) < 4.78 is 0. The van der Waals surface area contributed by atoms with Crippen molar-refractivity contribution >= 4 is 28.9 Å². The fourth-order valence-electron chi connectivity index (χ4n) is 1.96. The first kappa shape index (κ1) is 15.6. The summed E-state index contributed by atoms with van der Waals surface area (Å²) in [6.45, 7) is 1.92. The van der Waals surface area contributed by atoms with Crippen LogP contribution in [0.2, 0.25) is 0 Å². The highest BCUT2D eigenvalue weighted by Gasteiger charge is 2.14. The van der Waals surface area contributed by atoms with E-state index in [0.29, 0.717) is 11.4 Å². The van der Waals surface area contributed by atoms with E-state index in [-0.39, 0.29) is 0 Å². The SMILES string of the molecule is Cc1cccc(NC(=O)C(=O)Nc2cccc(N(C)C)c2)c1. The Balaban J connectivity index is 2.02. The zero-order valence-electron chi connectivity index (χ0n) is 12.9. The summed E-state index contributed by atoms with van der Waals surface area (Å²) in [6, 6.07) is 14.6. The molecule has 0 saturated carbocycles. The molecule has 2 aromatic carbocycles. The lowest BCUT2D eigenvalue weighted by Gasteiger charge is -2.14. The van der Waals surface area contributed by atoms with Crippen LogP contribution in [0.15, 0.2) is 48.5 Å². The van der Waals surface area contributed by atoms with Crippen molar-refractivity contribution in [3.63, 3.8) is 0 Å². The van der Waals surface area contributed by atoms with Gasteiger partial charge in [0.25, 0.3) is 0 Å². The molecule has 0 aliphatic heterocycles. The lowest BCUT2D eigenvalue weighted by molar-refractivity contribution is -0.132. The molecule has 0 aliphatic carbocycles. The number of amides is 2. The number of nitrogens with zero attached hydrogens (tertiary/aromatic N) is 1. The summed E-state index contributed by atoms with van der Waals surface area (Å²) in [5, 5.41) is 5.17. The van der Waals surface area contributed by atoms with E-state index in [4.69, 9.17) is 0 Å². The monoisotopic (exact) mass is 297 g/mol. The molecule has 0 atom stereocenters. The molecular formula is C17H19N3O2. The molecule has 2 aromatic rings. The Hall–Kier alpha value is -2.82. The van der Waals surface area contributed by atoms with Crippen LogP contribution in [0.5, 0.6) is 0 Å². The van der Waals surface area contributed by atoms with Crippen LogP contribution in [0.1, 0.15) is 5.56 Å². The van der Waals surface area contributed by atoms with E-state index in [1.54, 1.807) is 24.3 Å². The second-order valence-corrected chi connectivity index (χ2v) is 5.22. The average Bonchev–Trinajstić information content (AvgIpc) is 2.47. The van der Waals surface area contributed by atoms with Gasteiger partial charge in [-0.25, -0.2) is 0 Å². The highest BCUT2D eigenvalue weighted by atomic mass is 16.2. The quantitative estimate of drug-likeness (QED) is 0.856. The van der Waals surface area contributed by atoms with E-state index in [1.165, 1.54) is 0 Å². The molecule has 2 rings (SSSR count). The average molecular weight is 297 g/mol. The molecule has 114 valence electrons. The van der Waals surface area contributed by atoms with Crippen LogP contribution < -0.4 is 15.5 Å². The molecule has 2 amide bonds. The molecule has 0 radical (unpaired) electrons. The smallest absolute Gasteiger partial charge is 0.314 e. The molecule has 22 heavy (non-hydrogen) atoms. The van der Waals surface area contributed by atoms with Gasteiger partial charge in [-0.05, 0) is 42.8 Å². The van der Waals surface area contributed by atoms with Crippen LogP contribution >= 0.6 is 0 Å². The van der Waals surface area contributed by atoms with Crippen molar-refractivity contribution in [3.8, 4) is 0 Å². The van der Waals surface area contributed by atoms with Gasteiger partial charge in [0, 0.05) is 31.2 Å². The zero-order valence-corrected chi connectivity index (χ0v) is 12.9. The number of hydrogen-bond acceptors (Lipinski definition) is 3. The fourth-order valence-corrected chi connectivity index (χ4v) is 1.96. The molecule has 0 bridgehead atoms. The zero-order chi connectivity index (χ0) is 16.1. The molecule has 0 aromatic heterocycles. The lowest BCUT2D eigenvalue weighted by Crippen LogP contribution is -2.29. The summed E-state index contributed by atoms with van der Waals surface area (Å²) in [4.78, 5) is 25.8. The van der Waals surface area contributed by atoms with Crippen molar-refractivity contribution in [1.29, 1.82) is 0 Å². The number of anilines is 3. The van der Waals surface area contributed by atoms with Crippen molar-refractivity contribution < 1.29 is 9.59 Å². The van der Waals surface area contributed by atoms with Gasteiger partial charge in [0.1, 0.15) is 0 Å². The number of carbonyl (C=O) groups excluding carboxylic acids is 2. The van der Waals surface area contributed by atoms with Crippen molar-refractivity contribution in [1.82, 2.24) is 0 Å². The summed E-state index contributed by atoms with van der Waals surface area (Å²) in [5.74, 6) is -1.39. The maximum absolute atomic E-state index is 11.9. The molecule has 0 saturated heterocycles. The fraction of sp³-hybridized carbons (Fsp3) is 0.176. The van der Waals surface area contributed by atoms with Crippen molar-refractivity contribution in [2.24, 2.45) is 0 Å². The van der Waals surface area contributed by atoms with Gasteiger partial charge in [0.15, 0.2) is 0 Å². The van der Waals surface area contributed by atoms with Crippen molar-refractivity contribution in [2.45, 2.75) is 6.92 Å².